The zero-order valence-electron chi connectivity index (χ0n) is 13.5. The zero-order valence-corrected chi connectivity index (χ0v) is 14.3. The Morgan fingerprint density at radius 2 is 2.00 bits per heavy atom. The summed E-state index contributed by atoms with van der Waals surface area (Å²) in [6, 6.07) is 7.15. The largest absolute Gasteiger partial charge is 0.392 e. The Morgan fingerprint density at radius 3 is 2.50 bits per heavy atom. The molecule has 0 bridgehead atoms. The smallest absolute Gasteiger partial charge is 0.317 e. The standard InChI is InChI=1S/C16H25ClN2O3/c1-11(2)19(10-12(3)20)16(21)18-9-15(22-4)13-7-5-6-8-14(13)17/h5-8,11-12,15,20H,9-10H2,1-4H3,(H,18,21). The van der Waals surface area contributed by atoms with Crippen LogP contribution in [0.25, 0.3) is 0 Å². The molecule has 0 aliphatic carbocycles. The van der Waals surface area contributed by atoms with Crippen molar-refractivity contribution in [1.82, 2.24) is 10.2 Å². The normalized spacial score (nSPS) is 13.8. The van der Waals surface area contributed by atoms with E-state index >= 15 is 0 Å². The van der Waals surface area contributed by atoms with E-state index in [4.69, 9.17) is 16.3 Å². The van der Waals surface area contributed by atoms with Crippen LogP contribution in [0.1, 0.15) is 32.4 Å². The highest BCUT2D eigenvalue weighted by Crippen LogP contribution is 2.24. The maximum absolute atomic E-state index is 12.3. The fourth-order valence-corrected chi connectivity index (χ4v) is 2.41. The fourth-order valence-electron chi connectivity index (χ4n) is 2.15. The molecule has 0 aliphatic heterocycles. The molecule has 22 heavy (non-hydrogen) atoms. The molecule has 0 saturated heterocycles. The predicted molar refractivity (Wildman–Crippen MR) is 88.1 cm³/mol. The zero-order chi connectivity index (χ0) is 16.7. The number of hydrogen-bond donors (Lipinski definition) is 2. The van der Waals surface area contributed by atoms with Crippen LogP contribution in [0.2, 0.25) is 5.02 Å². The second kappa shape index (κ2) is 8.98. The first-order valence-electron chi connectivity index (χ1n) is 7.36. The Morgan fingerprint density at radius 1 is 1.36 bits per heavy atom. The summed E-state index contributed by atoms with van der Waals surface area (Å²) in [5, 5.41) is 12.9. The van der Waals surface area contributed by atoms with Crippen molar-refractivity contribution in [2.24, 2.45) is 0 Å². The van der Waals surface area contributed by atoms with E-state index in [2.05, 4.69) is 5.32 Å². The summed E-state index contributed by atoms with van der Waals surface area (Å²) in [5.41, 5.74) is 0.832. The maximum Gasteiger partial charge on any atom is 0.317 e. The number of amides is 2. The molecule has 5 nitrogen and oxygen atoms in total. The number of rotatable bonds is 7. The lowest BCUT2D eigenvalue weighted by atomic mass is 10.1. The molecule has 0 heterocycles. The van der Waals surface area contributed by atoms with Crippen LogP contribution in [0.4, 0.5) is 4.79 Å². The summed E-state index contributed by atoms with van der Waals surface area (Å²) in [6.07, 6.45) is -0.895. The van der Waals surface area contributed by atoms with E-state index in [1.54, 1.807) is 25.0 Å². The molecular formula is C16H25ClN2O3. The van der Waals surface area contributed by atoms with E-state index in [1.165, 1.54) is 0 Å². The van der Waals surface area contributed by atoms with E-state index in [9.17, 15) is 9.90 Å². The number of aliphatic hydroxyl groups is 1. The third-order valence-electron chi connectivity index (χ3n) is 3.32. The van der Waals surface area contributed by atoms with Gasteiger partial charge in [0.1, 0.15) is 6.10 Å². The van der Waals surface area contributed by atoms with Crippen molar-refractivity contribution in [1.29, 1.82) is 0 Å². The molecular weight excluding hydrogens is 304 g/mol. The molecule has 1 rings (SSSR count). The van der Waals surface area contributed by atoms with Gasteiger partial charge in [-0.25, -0.2) is 4.79 Å². The number of urea groups is 1. The van der Waals surface area contributed by atoms with Crippen LogP contribution in [-0.4, -0.2) is 48.4 Å². The summed E-state index contributed by atoms with van der Waals surface area (Å²) < 4.78 is 5.42. The number of methoxy groups -OCH3 is 1. The first-order chi connectivity index (χ1) is 10.4. The van der Waals surface area contributed by atoms with Gasteiger partial charge in [-0.3, -0.25) is 0 Å². The molecule has 1 aromatic carbocycles. The summed E-state index contributed by atoms with van der Waals surface area (Å²) in [5.74, 6) is 0. The first-order valence-corrected chi connectivity index (χ1v) is 7.74. The molecule has 6 heteroatoms. The van der Waals surface area contributed by atoms with E-state index < -0.39 is 6.10 Å². The highest BCUT2D eigenvalue weighted by molar-refractivity contribution is 6.31. The van der Waals surface area contributed by atoms with Gasteiger partial charge in [-0.15, -0.1) is 0 Å². The summed E-state index contributed by atoms with van der Waals surface area (Å²) in [4.78, 5) is 13.9. The minimum atomic E-state index is -0.574. The van der Waals surface area contributed by atoms with Crippen molar-refractivity contribution >= 4 is 17.6 Å². The van der Waals surface area contributed by atoms with Crippen LogP contribution in [0.15, 0.2) is 24.3 Å². The highest BCUT2D eigenvalue weighted by Gasteiger charge is 2.21. The SMILES string of the molecule is COC(CNC(=O)N(CC(C)O)C(C)C)c1ccccc1Cl. The molecule has 2 unspecified atom stereocenters. The molecule has 1 aromatic rings. The Labute approximate surface area is 137 Å². The molecule has 0 aromatic heterocycles. The minimum Gasteiger partial charge on any atom is -0.392 e. The number of aliphatic hydroxyl groups excluding tert-OH is 1. The van der Waals surface area contributed by atoms with Gasteiger partial charge >= 0.3 is 6.03 Å². The fraction of sp³-hybridized carbons (Fsp3) is 0.562. The number of halogens is 1. The molecule has 0 spiro atoms. The summed E-state index contributed by atoms with van der Waals surface area (Å²) >= 11 is 6.16. The number of carbonyl (C=O) groups excluding carboxylic acids is 1. The van der Waals surface area contributed by atoms with E-state index in [-0.39, 0.29) is 24.7 Å². The second-order valence-corrected chi connectivity index (χ2v) is 5.93. The van der Waals surface area contributed by atoms with Crippen molar-refractivity contribution in [2.75, 3.05) is 20.2 Å². The van der Waals surface area contributed by atoms with E-state index in [0.29, 0.717) is 11.6 Å². The monoisotopic (exact) mass is 328 g/mol. The van der Waals surface area contributed by atoms with Crippen molar-refractivity contribution in [3.05, 3.63) is 34.9 Å². The van der Waals surface area contributed by atoms with Crippen LogP contribution in [0.5, 0.6) is 0 Å². The van der Waals surface area contributed by atoms with Gasteiger partial charge in [-0.2, -0.15) is 0 Å². The number of benzene rings is 1. The lowest BCUT2D eigenvalue weighted by Crippen LogP contribution is -2.47. The van der Waals surface area contributed by atoms with Gasteiger partial charge < -0.3 is 20.1 Å². The molecule has 0 aliphatic rings. The Balaban J connectivity index is 2.69. The van der Waals surface area contributed by atoms with Crippen molar-refractivity contribution in [3.8, 4) is 0 Å². The summed E-state index contributed by atoms with van der Waals surface area (Å²) in [6.45, 7) is 6.06. The molecule has 124 valence electrons. The second-order valence-electron chi connectivity index (χ2n) is 5.53. The van der Waals surface area contributed by atoms with Crippen molar-refractivity contribution in [3.63, 3.8) is 0 Å². The van der Waals surface area contributed by atoms with E-state index in [0.717, 1.165) is 5.56 Å². The van der Waals surface area contributed by atoms with Crippen LogP contribution in [-0.2, 0) is 4.74 Å². The third-order valence-corrected chi connectivity index (χ3v) is 3.66. The van der Waals surface area contributed by atoms with Crippen LogP contribution in [0, 0.1) is 0 Å². The Bertz CT molecular complexity index is 480. The van der Waals surface area contributed by atoms with Gasteiger partial charge in [0.05, 0.1) is 6.10 Å². The average Bonchev–Trinajstić information content (AvgIpc) is 2.46. The van der Waals surface area contributed by atoms with Crippen molar-refractivity contribution < 1.29 is 14.6 Å². The molecule has 2 atom stereocenters. The number of nitrogens with one attached hydrogen (secondary N) is 1. The highest BCUT2D eigenvalue weighted by atomic mass is 35.5. The molecule has 0 radical (unpaired) electrons. The van der Waals surface area contributed by atoms with Gasteiger partial charge in [0.2, 0.25) is 0 Å². The number of ether oxygens (including phenoxy) is 1. The lowest BCUT2D eigenvalue weighted by molar-refractivity contribution is 0.0942. The minimum absolute atomic E-state index is 0.00379. The number of hydrogen-bond acceptors (Lipinski definition) is 3. The number of nitrogens with zero attached hydrogens (tertiary/aromatic N) is 1. The van der Waals surface area contributed by atoms with Crippen LogP contribution < -0.4 is 5.32 Å². The quantitative estimate of drug-likeness (QED) is 0.809. The van der Waals surface area contributed by atoms with Gasteiger partial charge in [0.25, 0.3) is 0 Å². The molecule has 2 N–H and O–H groups in total. The van der Waals surface area contributed by atoms with Crippen molar-refractivity contribution in [2.45, 2.75) is 39.0 Å². The predicted octanol–water partition coefficient (Wildman–Crippen LogP) is 2.83. The summed E-state index contributed by atoms with van der Waals surface area (Å²) in [7, 11) is 1.58. The third kappa shape index (κ3) is 5.48. The Hall–Kier alpha value is -1.30. The lowest BCUT2D eigenvalue weighted by Gasteiger charge is -2.29. The first kappa shape index (κ1) is 18.7. The maximum atomic E-state index is 12.3. The molecule has 0 fully saturated rings. The Kier molecular flexibility index (Phi) is 7.65. The van der Waals surface area contributed by atoms with Crippen LogP contribution >= 0.6 is 11.6 Å². The number of carbonyl (C=O) groups is 1. The molecule has 0 saturated carbocycles. The molecule has 2 amide bonds. The average molecular weight is 329 g/mol. The van der Waals surface area contributed by atoms with Crippen LogP contribution in [0.3, 0.4) is 0 Å². The topological polar surface area (TPSA) is 61.8 Å². The van der Waals surface area contributed by atoms with E-state index in [1.807, 2.05) is 32.0 Å². The van der Waals surface area contributed by atoms with Gasteiger partial charge in [0, 0.05) is 36.8 Å². The van der Waals surface area contributed by atoms with Gasteiger partial charge in [0.15, 0.2) is 0 Å². The van der Waals surface area contributed by atoms with Gasteiger partial charge in [-0.1, -0.05) is 29.8 Å². The van der Waals surface area contributed by atoms with Gasteiger partial charge in [-0.05, 0) is 26.8 Å².